The molecule has 0 saturated heterocycles. The number of benzene rings is 2. The van der Waals surface area contributed by atoms with E-state index in [0.717, 1.165) is 12.1 Å². The summed E-state index contributed by atoms with van der Waals surface area (Å²) in [7, 11) is -3.14. The Morgan fingerprint density at radius 2 is 1.85 bits per heavy atom. The molecule has 34 heavy (non-hydrogen) atoms. The smallest absolute Gasteiger partial charge is 0.348 e. The molecule has 5 rings (SSSR count). The molecule has 2 N–H and O–H groups in total. The summed E-state index contributed by atoms with van der Waals surface area (Å²) < 4.78 is 61.6. The second kappa shape index (κ2) is 7.88. The summed E-state index contributed by atoms with van der Waals surface area (Å²) in [5.74, 6) is -2.22. The lowest BCUT2D eigenvalue weighted by atomic mass is 10.1. The number of nitrogens with one attached hydrogen (secondary N) is 2. The van der Waals surface area contributed by atoms with Gasteiger partial charge in [-0.2, -0.15) is 5.10 Å². The zero-order valence-corrected chi connectivity index (χ0v) is 18.1. The van der Waals surface area contributed by atoms with Crippen LogP contribution in [0.2, 0.25) is 0 Å². The van der Waals surface area contributed by atoms with Gasteiger partial charge in [0.25, 0.3) is 10.0 Å². The number of halogens is 2. The predicted octanol–water partition coefficient (Wildman–Crippen LogP) is 2.72. The van der Waals surface area contributed by atoms with E-state index in [4.69, 9.17) is 4.74 Å². The first-order chi connectivity index (χ1) is 16.3. The van der Waals surface area contributed by atoms with Gasteiger partial charge in [0.2, 0.25) is 5.88 Å². The molecule has 0 atom stereocenters. The molecular weight excluding hydrogens is 470 g/mol. The number of ether oxygens (including phenoxy) is 1. The fourth-order valence-corrected chi connectivity index (χ4v) is 4.59. The third-order valence-corrected chi connectivity index (χ3v) is 6.44. The lowest BCUT2D eigenvalue weighted by Crippen LogP contribution is -2.15. The van der Waals surface area contributed by atoms with E-state index in [2.05, 4.69) is 24.9 Å². The third kappa shape index (κ3) is 3.61. The molecule has 3 aromatic heterocycles. The highest BCUT2D eigenvalue weighted by Crippen LogP contribution is 2.31. The lowest BCUT2D eigenvalue weighted by molar-refractivity contribution is 0.400. The van der Waals surface area contributed by atoms with Gasteiger partial charge >= 0.3 is 5.69 Å². The van der Waals surface area contributed by atoms with Gasteiger partial charge in [0.1, 0.15) is 22.2 Å². The van der Waals surface area contributed by atoms with Gasteiger partial charge in [-0.25, -0.2) is 36.5 Å². The van der Waals surface area contributed by atoms with Gasteiger partial charge in [-0.3, -0.25) is 9.71 Å². The number of anilines is 1. The lowest BCUT2D eigenvalue weighted by Gasteiger charge is -2.13. The molecule has 0 fully saturated rings. The SMILES string of the molecule is COc1ncc(-c2ccc3ncc4n[nH]c(=O)n4c3c2)cc1NS(=O)(=O)c1ccc(F)cc1F. The van der Waals surface area contributed by atoms with Crippen molar-refractivity contribution in [3.63, 3.8) is 0 Å². The zero-order valence-electron chi connectivity index (χ0n) is 17.3. The Hall–Kier alpha value is -4.39. The van der Waals surface area contributed by atoms with Crippen molar-refractivity contribution in [1.29, 1.82) is 0 Å². The van der Waals surface area contributed by atoms with Crippen LogP contribution in [0.1, 0.15) is 0 Å². The van der Waals surface area contributed by atoms with Crippen LogP contribution in [0.15, 0.2) is 64.5 Å². The molecule has 0 bridgehead atoms. The van der Waals surface area contributed by atoms with Crippen LogP contribution in [0.5, 0.6) is 5.88 Å². The van der Waals surface area contributed by atoms with Crippen molar-refractivity contribution >= 4 is 32.4 Å². The van der Waals surface area contributed by atoms with Gasteiger partial charge in [0.15, 0.2) is 5.65 Å². The van der Waals surface area contributed by atoms with Crippen LogP contribution in [0.25, 0.3) is 27.8 Å². The van der Waals surface area contributed by atoms with Crippen LogP contribution in [-0.4, -0.2) is 40.1 Å². The number of aromatic nitrogens is 5. The predicted molar refractivity (Wildman–Crippen MR) is 118 cm³/mol. The molecule has 13 heteroatoms. The van der Waals surface area contributed by atoms with Crippen LogP contribution in [0.4, 0.5) is 14.5 Å². The highest BCUT2D eigenvalue weighted by molar-refractivity contribution is 7.92. The van der Waals surface area contributed by atoms with Crippen LogP contribution in [0, 0.1) is 11.6 Å². The maximum Gasteiger partial charge on any atom is 0.348 e. The first-order valence-corrected chi connectivity index (χ1v) is 11.1. The highest BCUT2D eigenvalue weighted by Gasteiger charge is 2.22. The van der Waals surface area contributed by atoms with Gasteiger partial charge in [-0.1, -0.05) is 6.07 Å². The zero-order chi connectivity index (χ0) is 24.0. The van der Waals surface area contributed by atoms with E-state index in [1.165, 1.54) is 30.0 Å². The summed E-state index contributed by atoms with van der Waals surface area (Å²) in [6.45, 7) is 0. The quantitative estimate of drug-likeness (QED) is 0.392. The molecule has 10 nitrogen and oxygen atoms in total. The van der Waals surface area contributed by atoms with Crippen molar-refractivity contribution in [3.05, 3.63) is 77.0 Å². The first-order valence-electron chi connectivity index (χ1n) is 9.65. The minimum Gasteiger partial charge on any atom is -0.480 e. The molecule has 3 heterocycles. The molecule has 0 spiro atoms. The Morgan fingerprint density at radius 3 is 2.62 bits per heavy atom. The van der Waals surface area contributed by atoms with Crippen molar-refractivity contribution in [2.45, 2.75) is 4.90 Å². The molecule has 0 radical (unpaired) electrons. The summed E-state index contributed by atoms with van der Waals surface area (Å²) in [6.07, 6.45) is 2.90. The summed E-state index contributed by atoms with van der Waals surface area (Å²) in [6, 6.07) is 8.65. The number of H-pyrrole nitrogens is 1. The Bertz CT molecular complexity index is 1750. The molecule has 0 saturated carbocycles. The second-order valence-corrected chi connectivity index (χ2v) is 8.80. The van der Waals surface area contributed by atoms with Crippen molar-refractivity contribution in [2.75, 3.05) is 11.8 Å². The Kier molecular flexibility index (Phi) is 4.97. The van der Waals surface area contributed by atoms with Crippen molar-refractivity contribution in [2.24, 2.45) is 0 Å². The van der Waals surface area contributed by atoms with Crippen LogP contribution in [-0.2, 0) is 10.0 Å². The maximum absolute atomic E-state index is 14.1. The Morgan fingerprint density at radius 1 is 1.03 bits per heavy atom. The molecule has 5 aromatic rings. The number of nitrogens with zero attached hydrogens (tertiary/aromatic N) is 4. The molecule has 172 valence electrons. The summed E-state index contributed by atoms with van der Waals surface area (Å²) in [5.41, 5.74) is 1.88. The molecule has 0 aliphatic carbocycles. The fraction of sp³-hybridized carbons (Fsp3) is 0.0476. The average molecular weight is 484 g/mol. The van der Waals surface area contributed by atoms with E-state index in [9.17, 15) is 22.0 Å². The van der Waals surface area contributed by atoms with Crippen LogP contribution >= 0.6 is 0 Å². The van der Waals surface area contributed by atoms with Gasteiger partial charge < -0.3 is 4.74 Å². The van der Waals surface area contributed by atoms with E-state index in [1.807, 2.05) is 0 Å². The number of sulfonamides is 1. The normalized spacial score (nSPS) is 11.7. The fourth-order valence-electron chi connectivity index (χ4n) is 3.49. The van der Waals surface area contributed by atoms with E-state index in [-0.39, 0.29) is 11.6 Å². The Balaban J connectivity index is 1.61. The molecule has 0 aliphatic heterocycles. The van der Waals surface area contributed by atoms with Crippen molar-refractivity contribution in [3.8, 4) is 17.0 Å². The molecule has 0 aliphatic rings. The minimum atomic E-state index is -4.43. The number of hydrogen-bond acceptors (Lipinski definition) is 7. The standard InChI is InChI=1S/C21H14F2N6O4S/c1-33-20-16(28-34(31,32)18-5-3-13(22)8-14(18)23)6-12(9-25-20)11-2-4-15-17(7-11)29-19(10-24-15)26-27-21(29)30/h2-10,28H,1H3,(H,27,30). The molecule has 2 aromatic carbocycles. The van der Waals surface area contributed by atoms with E-state index in [1.54, 1.807) is 18.2 Å². The average Bonchev–Trinajstić information content (AvgIpc) is 3.19. The van der Waals surface area contributed by atoms with Gasteiger partial charge in [0, 0.05) is 17.8 Å². The molecule has 0 unspecified atom stereocenters. The topological polar surface area (TPSA) is 131 Å². The minimum absolute atomic E-state index is 0.0641. The molecule has 0 amide bonds. The van der Waals surface area contributed by atoms with Crippen LogP contribution < -0.4 is 15.1 Å². The summed E-state index contributed by atoms with van der Waals surface area (Å²) in [5, 5.41) is 6.25. The van der Waals surface area contributed by atoms with Gasteiger partial charge in [0.05, 0.1) is 24.3 Å². The largest absolute Gasteiger partial charge is 0.480 e. The van der Waals surface area contributed by atoms with E-state index < -0.39 is 32.2 Å². The van der Waals surface area contributed by atoms with Gasteiger partial charge in [-0.05, 0) is 35.9 Å². The third-order valence-electron chi connectivity index (χ3n) is 5.04. The van der Waals surface area contributed by atoms with Gasteiger partial charge in [-0.15, -0.1) is 0 Å². The number of fused-ring (bicyclic) bond motifs is 3. The summed E-state index contributed by atoms with van der Waals surface area (Å²) in [4.78, 5) is 19.8. The van der Waals surface area contributed by atoms with E-state index in [0.29, 0.717) is 33.9 Å². The number of rotatable bonds is 5. The highest BCUT2D eigenvalue weighted by atomic mass is 32.2. The monoisotopic (exact) mass is 484 g/mol. The molecular formula is C21H14F2N6O4S. The van der Waals surface area contributed by atoms with Crippen molar-refractivity contribution in [1.82, 2.24) is 24.6 Å². The second-order valence-electron chi connectivity index (χ2n) is 7.15. The van der Waals surface area contributed by atoms with Crippen LogP contribution in [0.3, 0.4) is 0 Å². The number of pyridine rings is 1. The maximum atomic E-state index is 14.1. The van der Waals surface area contributed by atoms with E-state index >= 15 is 0 Å². The number of methoxy groups -OCH3 is 1. The summed E-state index contributed by atoms with van der Waals surface area (Å²) >= 11 is 0. The van der Waals surface area contributed by atoms with Crippen molar-refractivity contribution < 1.29 is 21.9 Å². The first kappa shape index (κ1) is 21.5. The number of aromatic amines is 1. The number of hydrogen-bond donors (Lipinski definition) is 2. The Labute approximate surface area is 189 Å².